The highest BCUT2D eigenvalue weighted by atomic mass is 16.5. The molecule has 1 rings (SSSR count). The molecule has 3 nitrogen and oxygen atoms in total. The average molecular weight is 159 g/mol. The molecule has 0 aromatic heterocycles. The second-order valence-electron chi connectivity index (χ2n) is 3.11. The van der Waals surface area contributed by atoms with Gasteiger partial charge in [-0.15, -0.1) is 0 Å². The lowest BCUT2D eigenvalue weighted by atomic mass is 10.0. The second kappa shape index (κ2) is 4.70. The van der Waals surface area contributed by atoms with E-state index in [9.17, 15) is 5.11 Å². The molecule has 0 saturated carbocycles. The lowest BCUT2D eigenvalue weighted by Gasteiger charge is -2.24. The van der Waals surface area contributed by atoms with Gasteiger partial charge in [0.1, 0.15) is 0 Å². The van der Waals surface area contributed by atoms with Gasteiger partial charge in [-0.25, -0.2) is 0 Å². The fourth-order valence-corrected chi connectivity index (χ4v) is 1.39. The lowest BCUT2D eigenvalue weighted by Crippen LogP contribution is -2.29. The first kappa shape index (κ1) is 8.97. The van der Waals surface area contributed by atoms with Crippen LogP contribution in [-0.4, -0.2) is 30.5 Å². The van der Waals surface area contributed by atoms with Crippen molar-refractivity contribution >= 4 is 0 Å². The molecule has 1 aliphatic heterocycles. The highest BCUT2D eigenvalue weighted by Gasteiger charge is 2.16. The summed E-state index contributed by atoms with van der Waals surface area (Å²) in [5.74, 6) is 0. The van der Waals surface area contributed by atoms with Gasteiger partial charge in [0.05, 0.1) is 12.2 Å². The Hall–Kier alpha value is -0.120. The third-order valence-electron chi connectivity index (χ3n) is 2.08. The molecule has 1 aliphatic rings. The molecule has 0 aliphatic carbocycles. The predicted molar refractivity (Wildman–Crippen MR) is 43.3 cm³/mol. The van der Waals surface area contributed by atoms with Gasteiger partial charge < -0.3 is 15.6 Å². The summed E-state index contributed by atoms with van der Waals surface area (Å²) in [7, 11) is 0. The Labute approximate surface area is 67.5 Å². The maximum absolute atomic E-state index is 9.21. The van der Waals surface area contributed by atoms with Crippen LogP contribution in [0.5, 0.6) is 0 Å². The van der Waals surface area contributed by atoms with Crippen molar-refractivity contribution in [1.29, 1.82) is 0 Å². The second-order valence-corrected chi connectivity index (χ2v) is 3.11. The number of rotatable bonds is 3. The molecule has 0 amide bonds. The fraction of sp³-hybridized carbons (Fsp3) is 1.00. The molecule has 66 valence electrons. The van der Waals surface area contributed by atoms with Gasteiger partial charge in [-0.2, -0.15) is 0 Å². The molecule has 3 heteroatoms. The summed E-state index contributed by atoms with van der Waals surface area (Å²) in [5, 5.41) is 9.21. The van der Waals surface area contributed by atoms with Gasteiger partial charge in [-0.05, 0) is 19.3 Å². The third kappa shape index (κ3) is 3.18. The summed E-state index contributed by atoms with van der Waals surface area (Å²) >= 11 is 0. The Balaban J connectivity index is 2.13. The first-order chi connectivity index (χ1) is 5.33. The molecular formula is C8H17NO2. The zero-order chi connectivity index (χ0) is 8.10. The largest absolute Gasteiger partial charge is 0.392 e. The number of hydrogen-bond donors (Lipinski definition) is 2. The topological polar surface area (TPSA) is 55.5 Å². The Morgan fingerprint density at radius 2 is 2.36 bits per heavy atom. The fourth-order valence-electron chi connectivity index (χ4n) is 1.39. The highest BCUT2D eigenvalue weighted by molar-refractivity contribution is 4.68. The Bertz CT molecular complexity index is 102. The predicted octanol–water partition coefficient (Wildman–Crippen LogP) is 0.265. The standard InChI is InChI=1S/C8H17NO2/c9-6-7(10)5-8-3-1-2-4-11-8/h7-8,10H,1-6,9H2. The van der Waals surface area contributed by atoms with E-state index in [-0.39, 0.29) is 12.2 Å². The van der Waals surface area contributed by atoms with Crippen molar-refractivity contribution in [2.45, 2.75) is 37.9 Å². The van der Waals surface area contributed by atoms with Crippen molar-refractivity contribution < 1.29 is 9.84 Å². The van der Waals surface area contributed by atoms with Crippen LogP contribution >= 0.6 is 0 Å². The minimum atomic E-state index is -0.377. The molecule has 2 unspecified atom stereocenters. The summed E-state index contributed by atoms with van der Waals surface area (Å²) < 4.78 is 5.43. The van der Waals surface area contributed by atoms with E-state index in [1.54, 1.807) is 0 Å². The first-order valence-electron chi connectivity index (χ1n) is 4.32. The molecule has 1 saturated heterocycles. The molecule has 2 atom stereocenters. The van der Waals surface area contributed by atoms with Crippen LogP contribution in [0.1, 0.15) is 25.7 Å². The molecule has 1 heterocycles. The van der Waals surface area contributed by atoms with Crippen molar-refractivity contribution in [3.8, 4) is 0 Å². The van der Waals surface area contributed by atoms with E-state index in [1.807, 2.05) is 0 Å². The van der Waals surface area contributed by atoms with Crippen molar-refractivity contribution in [2.24, 2.45) is 5.73 Å². The number of aliphatic hydroxyl groups excluding tert-OH is 1. The Morgan fingerprint density at radius 3 is 2.91 bits per heavy atom. The van der Waals surface area contributed by atoms with E-state index in [4.69, 9.17) is 10.5 Å². The van der Waals surface area contributed by atoms with E-state index in [2.05, 4.69) is 0 Å². The van der Waals surface area contributed by atoms with Crippen LogP contribution in [0.3, 0.4) is 0 Å². The average Bonchev–Trinajstić information content (AvgIpc) is 2.06. The van der Waals surface area contributed by atoms with Gasteiger partial charge in [0.2, 0.25) is 0 Å². The number of nitrogens with two attached hydrogens (primary N) is 1. The van der Waals surface area contributed by atoms with Crippen LogP contribution in [-0.2, 0) is 4.74 Å². The number of aliphatic hydroxyl groups is 1. The van der Waals surface area contributed by atoms with E-state index in [1.165, 1.54) is 6.42 Å². The van der Waals surface area contributed by atoms with Crippen LogP contribution in [0.25, 0.3) is 0 Å². The van der Waals surface area contributed by atoms with Crippen LogP contribution in [0, 0.1) is 0 Å². The molecule has 0 bridgehead atoms. The van der Waals surface area contributed by atoms with E-state index >= 15 is 0 Å². The minimum Gasteiger partial charge on any atom is -0.392 e. The minimum absolute atomic E-state index is 0.252. The van der Waals surface area contributed by atoms with Crippen molar-refractivity contribution in [3.63, 3.8) is 0 Å². The van der Waals surface area contributed by atoms with Gasteiger partial charge in [0, 0.05) is 19.6 Å². The van der Waals surface area contributed by atoms with Crippen molar-refractivity contribution in [3.05, 3.63) is 0 Å². The maximum atomic E-state index is 9.21. The normalized spacial score (nSPS) is 28.4. The van der Waals surface area contributed by atoms with E-state index in [0.717, 1.165) is 19.4 Å². The molecule has 0 aromatic carbocycles. The Morgan fingerprint density at radius 1 is 1.55 bits per heavy atom. The van der Waals surface area contributed by atoms with Crippen LogP contribution < -0.4 is 5.73 Å². The molecule has 0 radical (unpaired) electrons. The summed E-state index contributed by atoms with van der Waals surface area (Å²) in [4.78, 5) is 0. The summed E-state index contributed by atoms with van der Waals surface area (Å²) in [6.45, 7) is 1.20. The highest BCUT2D eigenvalue weighted by Crippen LogP contribution is 2.16. The lowest BCUT2D eigenvalue weighted by molar-refractivity contribution is -0.0132. The van der Waals surface area contributed by atoms with Gasteiger partial charge in [-0.1, -0.05) is 0 Å². The number of hydrogen-bond acceptors (Lipinski definition) is 3. The van der Waals surface area contributed by atoms with Gasteiger partial charge in [0.15, 0.2) is 0 Å². The summed E-state index contributed by atoms with van der Waals surface area (Å²) in [6.07, 6.45) is 4.05. The SMILES string of the molecule is NCC(O)CC1CCCCO1. The van der Waals surface area contributed by atoms with E-state index < -0.39 is 0 Å². The summed E-state index contributed by atoms with van der Waals surface area (Å²) in [5.41, 5.74) is 5.28. The first-order valence-corrected chi connectivity index (χ1v) is 4.32. The smallest absolute Gasteiger partial charge is 0.0687 e. The molecule has 3 N–H and O–H groups in total. The molecule has 0 spiro atoms. The molecule has 0 aromatic rings. The van der Waals surface area contributed by atoms with Crippen LogP contribution in [0.4, 0.5) is 0 Å². The van der Waals surface area contributed by atoms with Crippen molar-refractivity contribution in [1.82, 2.24) is 0 Å². The van der Waals surface area contributed by atoms with Crippen LogP contribution in [0.2, 0.25) is 0 Å². The zero-order valence-electron chi connectivity index (χ0n) is 6.83. The van der Waals surface area contributed by atoms with Crippen LogP contribution in [0.15, 0.2) is 0 Å². The third-order valence-corrected chi connectivity index (χ3v) is 2.08. The molecular weight excluding hydrogens is 142 g/mol. The molecule has 11 heavy (non-hydrogen) atoms. The van der Waals surface area contributed by atoms with Gasteiger partial charge in [-0.3, -0.25) is 0 Å². The van der Waals surface area contributed by atoms with Crippen molar-refractivity contribution in [2.75, 3.05) is 13.2 Å². The number of ether oxygens (including phenoxy) is 1. The van der Waals surface area contributed by atoms with E-state index in [0.29, 0.717) is 13.0 Å². The monoisotopic (exact) mass is 159 g/mol. The van der Waals surface area contributed by atoms with Gasteiger partial charge in [0.25, 0.3) is 0 Å². The maximum Gasteiger partial charge on any atom is 0.0687 e. The summed E-state index contributed by atoms with van der Waals surface area (Å²) in [6, 6.07) is 0. The quantitative estimate of drug-likeness (QED) is 0.621. The zero-order valence-corrected chi connectivity index (χ0v) is 6.83. The Kier molecular flexibility index (Phi) is 3.83. The van der Waals surface area contributed by atoms with Gasteiger partial charge >= 0.3 is 0 Å². The molecule has 1 fully saturated rings.